The molecule has 0 spiro atoms. The fraction of sp³-hybridized carbons (Fsp3) is 0.143. The molecular weight excluding hydrogens is 269 g/mol. The van der Waals surface area contributed by atoms with Crippen molar-refractivity contribution in [3.8, 4) is 0 Å². The smallest absolute Gasteiger partial charge is 0.231 e. The standard InChI is InChI=1S/C7H10ClN7O.ClH/c8-5-7(10)15-6(9)3(14-5)1-4(16)12-2-13-11;/h2H,1,11H2,(H4,9,10,15)(H,12,13,16);1H. The Bertz CT molecular complexity index is 436. The van der Waals surface area contributed by atoms with Crippen molar-refractivity contribution in [3.05, 3.63) is 10.8 Å². The largest absolute Gasteiger partial charge is 0.382 e. The van der Waals surface area contributed by atoms with Gasteiger partial charge < -0.3 is 22.6 Å². The predicted octanol–water partition coefficient (Wildman–Crippen LogP) is -0.723. The van der Waals surface area contributed by atoms with Crippen LogP contribution in [0.25, 0.3) is 0 Å². The Balaban J connectivity index is 0.00000256. The van der Waals surface area contributed by atoms with Gasteiger partial charge in [-0.3, -0.25) is 4.79 Å². The number of hydrogen-bond donors (Lipinski definition) is 4. The number of amides is 1. The summed E-state index contributed by atoms with van der Waals surface area (Å²) in [4.78, 5) is 18.8. The molecule has 0 atom stereocenters. The summed E-state index contributed by atoms with van der Waals surface area (Å²) in [5, 5.41) is 5.39. The normalized spacial score (nSPS) is 9.94. The fourth-order valence-corrected chi connectivity index (χ4v) is 1.06. The predicted molar refractivity (Wildman–Crippen MR) is 67.6 cm³/mol. The van der Waals surface area contributed by atoms with Crippen LogP contribution in [-0.2, 0) is 11.2 Å². The molecule has 0 saturated heterocycles. The average Bonchev–Trinajstić information content (AvgIpc) is 2.23. The van der Waals surface area contributed by atoms with E-state index in [1.807, 2.05) is 0 Å². The molecule has 1 aromatic heterocycles. The molecule has 0 bridgehead atoms. The third-order valence-corrected chi connectivity index (χ3v) is 1.89. The number of halogens is 2. The third kappa shape index (κ3) is 4.29. The number of aromatic nitrogens is 2. The number of hydrazone groups is 1. The number of anilines is 2. The average molecular weight is 280 g/mol. The van der Waals surface area contributed by atoms with Gasteiger partial charge in [0.2, 0.25) is 5.91 Å². The first-order valence-electron chi connectivity index (χ1n) is 4.13. The molecule has 0 aliphatic heterocycles. The van der Waals surface area contributed by atoms with E-state index in [4.69, 9.17) is 28.9 Å². The minimum Gasteiger partial charge on any atom is -0.382 e. The van der Waals surface area contributed by atoms with E-state index in [0.29, 0.717) is 0 Å². The summed E-state index contributed by atoms with van der Waals surface area (Å²) < 4.78 is 0. The van der Waals surface area contributed by atoms with Gasteiger partial charge in [0.15, 0.2) is 11.0 Å². The van der Waals surface area contributed by atoms with Gasteiger partial charge in [-0.15, -0.1) is 12.4 Å². The van der Waals surface area contributed by atoms with Gasteiger partial charge in [0.1, 0.15) is 12.2 Å². The van der Waals surface area contributed by atoms with Crippen molar-refractivity contribution in [1.29, 1.82) is 0 Å². The number of carbonyl (C=O) groups is 1. The molecule has 0 saturated carbocycles. The summed E-state index contributed by atoms with van der Waals surface area (Å²) in [6, 6.07) is 0. The summed E-state index contributed by atoms with van der Waals surface area (Å²) in [5.41, 5.74) is 11.1. The van der Waals surface area contributed by atoms with Gasteiger partial charge in [-0.1, -0.05) is 11.6 Å². The van der Waals surface area contributed by atoms with Crippen LogP contribution in [0.15, 0.2) is 5.10 Å². The maximum Gasteiger partial charge on any atom is 0.231 e. The lowest BCUT2D eigenvalue weighted by Gasteiger charge is -2.05. The second-order valence-corrected chi connectivity index (χ2v) is 3.11. The van der Waals surface area contributed by atoms with E-state index >= 15 is 0 Å². The molecular formula is C7H11Cl2N7O. The number of nitrogens with two attached hydrogens (primary N) is 3. The summed E-state index contributed by atoms with van der Waals surface area (Å²) >= 11 is 5.64. The van der Waals surface area contributed by atoms with E-state index in [1.54, 1.807) is 0 Å². The van der Waals surface area contributed by atoms with Gasteiger partial charge >= 0.3 is 0 Å². The molecule has 17 heavy (non-hydrogen) atoms. The van der Waals surface area contributed by atoms with Gasteiger partial charge in [-0.2, -0.15) is 5.10 Å². The van der Waals surface area contributed by atoms with Crippen LogP contribution < -0.4 is 22.6 Å². The lowest BCUT2D eigenvalue weighted by molar-refractivity contribution is -0.119. The summed E-state index contributed by atoms with van der Waals surface area (Å²) in [7, 11) is 0. The Hall–Kier alpha value is -1.80. The molecule has 0 aliphatic carbocycles. The molecule has 0 unspecified atom stereocenters. The third-order valence-electron chi connectivity index (χ3n) is 1.61. The second kappa shape index (κ2) is 6.71. The minimum absolute atomic E-state index is 0. The first kappa shape index (κ1) is 15.2. The second-order valence-electron chi connectivity index (χ2n) is 2.75. The quantitative estimate of drug-likeness (QED) is 0.249. The van der Waals surface area contributed by atoms with Crippen LogP contribution in [-0.4, -0.2) is 22.2 Å². The van der Waals surface area contributed by atoms with Crippen molar-refractivity contribution >= 4 is 47.9 Å². The van der Waals surface area contributed by atoms with Crippen molar-refractivity contribution in [1.82, 2.24) is 15.3 Å². The van der Waals surface area contributed by atoms with Crippen molar-refractivity contribution in [2.75, 3.05) is 11.5 Å². The van der Waals surface area contributed by atoms with Crippen LogP contribution in [0.5, 0.6) is 0 Å². The van der Waals surface area contributed by atoms with Crippen molar-refractivity contribution < 1.29 is 4.79 Å². The Morgan fingerprint density at radius 2 is 2.06 bits per heavy atom. The highest BCUT2D eigenvalue weighted by Crippen LogP contribution is 2.17. The minimum atomic E-state index is -0.393. The Labute approximate surface area is 108 Å². The SMILES string of the molecule is Cl.NN=CNC(=O)Cc1nc(Cl)c(N)nc1N. The Kier molecular flexibility index (Phi) is 6.00. The van der Waals surface area contributed by atoms with Gasteiger partial charge in [0, 0.05) is 0 Å². The molecule has 10 heteroatoms. The lowest BCUT2D eigenvalue weighted by atomic mass is 10.3. The molecule has 8 nitrogen and oxygen atoms in total. The van der Waals surface area contributed by atoms with Crippen LogP contribution in [0.2, 0.25) is 5.15 Å². The number of rotatable bonds is 3. The van der Waals surface area contributed by atoms with Gasteiger partial charge in [0.25, 0.3) is 0 Å². The van der Waals surface area contributed by atoms with Crippen molar-refractivity contribution in [2.45, 2.75) is 6.42 Å². The first-order chi connectivity index (χ1) is 7.54. The number of nitrogen functional groups attached to an aromatic ring is 2. The van der Waals surface area contributed by atoms with E-state index in [2.05, 4.69) is 20.4 Å². The summed E-state index contributed by atoms with van der Waals surface area (Å²) in [6.07, 6.45) is 0.954. The van der Waals surface area contributed by atoms with Gasteiger partial charge in [-0.25, -0.2) is 9.97 Å². The maximum atomic E-state index is 11.3. The molecule has 1 aromatic rings. The zero-order valence-corrected chi connectivity index (χ0v) is 10.1. The van der Waals surface area contributed by atoms with E-state index in [9.17, 15) is 4.79 Å². The van der Waals surface area contributed by atoms with Crippen LogP contribution in [0.1, 0.15) is 5.69 Å². The molecule has 1 heterocycles. The summed E-state index contributed by atoms with van der Waals surface area (Å²) in [6.45, 7) is 0. The van der Waals surface area contributed by atoms with Crippen molar-refractivity contribution in [2.24, 2.45) is 10.9 Å². The fourth-order valence-electron chi connectivity index (χ4n) is 0.916. The van der Waals surface area contributed by atoms with Gasteiger partial charge in [-0.05, 0) is 0 Å². The van der Waals surface area contributed by atoms with Crippen LogP contribution in [0.3, 0.4) is 0 Å². The van der Waals surface area contributed by atoms with E-state index in [1.165, 1.54) is 0 Å². The van der Waals surface area contributed by atoms with Gasteiger partial charge in [0.05, 0.1) is 12.1 Å². The highest BCUT2D eigenvalue weighted by atomic mass is 35.5. The topological polar surface area (TPSA) is 145 Å². The Morgan fingerprint density at radius 3 is 2.65 bits per heavy atom. The molecule has 1 rings (SSSR count). The van der Waals surface area contributed by atoms with Crippen molar-refractivity contribution in [3.63, 3.8) is 0 Å². The highest BCUT2D eigenvalue weighted by molar-refractivity contribution is 6.31. The summed E-state index contributed by atoms with van der Waals surface area (Å²) in [5.74, 6) is 4.49. The molecule has 94 valence electrons. The van der Waals surface area contributed by atoms with Crippen LogP contribution in [0, 0.1) is 0 Å². The number of carbonyl (C=O) groups excluding carboxylic acids is 1. The lowest BCUT2D eigenvalue weighted by Crippen LogP contribution is -2.25. The maximum absolute atomic E-state index is 11.3. The molecule has 0 aliphatic rings. The zero-order chi connectivity index (χ0) is 12.1. The number of nitrogens with zero attached hydrogens (tertiary/aromatic N) is 3. The highest BCUT2D eigenvalue weighted by Gasteiger charge is 2.11. The first-order valence-corrected chi connectivity index (χ1v) is 4.51. The van der Waals surface area contributed by atoms with E-state index in [0.717, 1.165) is 6.34 Å². The molecule has 7 N–H and O–H groups in total. The Morgan fingerprint density at radius 1 is 1.41 bits per heavy atom. The molecule has 1 amide bonds. The number of hydrogen-bond acceptors (Lipinski definition) is 7. The zero-order valence-electron chi connectivity index (χ0n) is 8.55. The number of nitrogens with one attached hydrogen (secondary N) is 1. The monoisotopic (exact) mass is 279 g/mol. The van der Waals surface area contributed by atoms with E-state index in [-0.39, 0.29) is 41.3 Å². The molecule has 0 fully saturated rings. The van der Waals surface area contributed by atoms with Crippen LogP contribution >= 0.6 is 24.0 Å². The van der Waals surface area contributed by atoms with Crippen LogP contribution in [0.4, 0.5) is 11.6 Å². The molecule has 0 radical (unpaired) electrons. The molecule has 0 aromatic carbocycles. The van der Waals surface area contributed by atoms with E-state index < -0.39 is 5.91 Å².